The number of esters is 1. The van der Waals surface area contributed by atoms with Crippen LogP contribution < -0.4 is 9.47 Å². The molecule has 2 aliphatic rings. The summed E-state index contributed by atoms with van der Waals surface area (Å²) in [6, 6.07) is 15.4. The molecule has 1 aromatic heterocycles. The molecule has 0 saturated carbocycles. The second-order valence-electron chi connectivity index (χ2n) is 7.57. The Balaban J connectivity index is 1.40. The molecule has 5 rings (SSSR count). The van der Waals surface area contributed by atoms with E-state index in [9.17, 15) is 9.59 Å². The lowest BCUT2D eigenvalue weighted by Gasteiger charge is -2.20. The summed E-state index contributed by atoms with van der Waals surface area (Å²) in [5.74, 6) is -0.120. The minimum atomic E-state index is -0.557. The highest BCUT2D eigenvalue weighted by Gasteiger charge is 2.36. The number of thioether (sulfide) groups is 1. The first-order valence-electron chi connectivity index (χ1n) is 10.4. The number of amidine groups is 2. The van der Waals surface area contributed by atoms with Gasteiger partial charge in [0.05, 0.1) is 24.5 Å². The molecule has 3 aromatic rings. The molecular weight excluding hydrogens is 468 g/mol. The summed E-state index contributed by atoms with van der Waals surface area (Å²) in [6.07, 6.45) is 3.04. The van der Waals surface area contributed by atoms with Gasteiger partial charge >= 0.3 is 5.97 Å². The minimum Gasteiger partial charge on any atom is -0.493 e. The minimum absolute atomic E-state index is 0.0605. The number of furan rings is 1. The molecule has 0 unspecified atom stereocenters. The number of hydrogen-bond acceptors (Lipinski definition) is 8. The Morgan fingerprint density at radius 3 is 2.74 bits per heavy atom. The van der Waals surface area contributed by atoms with Crippen molar-refractivity contribution in [1.29, 1.82) is 5.41 Å². The standard InChI is InChI=1S/C25H18N4O5S/c1-14-5-3-6-16(11-14)24(31)34-18-9-8-15(13-20(18)32-2)12-17-21(26)29-25(27-22(17)30)35-23(28-29)19-7-4-10-33-19/h3-13,26H,1-2H3/b17-12-,26-21?. The van der Waals surface area contributed by atoms with Gasteiger partial charge in [0.15, 0.2) is 28.1 Å². The number of amides is 1. The summed E-state index contributed by atoms with van der Waals surface area (Å²) < 4.78 is 16.3. The normalized spacial score (nSPS) is 16.2. The van der Waals surface area contributed by atoms with Crippen molar-refractivity contribution in [2.24, 2.45) is 10.1 Å². The van der Waals surface area contributed by atoms with Crippen LogP contribution in [0.15, 0.2) is 80.9 Å². The summed E-state index contributed by atoms with van der Waals surface area (Å²) in [5, 5.41) is 15.0. The predicted octanol–water partition coefficient (Wildman–Crippen LogP) is 4.48. The van der Waals surface area contributed by atoms with E-state index < -0.39 is 11.9 Å². The fraction of sp³-hybridized carbons (Fsp3) is 0.0800. The first kappa shape index (κ1) is 22.4. The molecule has 9 nitrogen and oxygen atoms in total. The number of hydrogen-bond donors (Lipinski definition) is 1. The number of fused-ring (bicyclic) bond motifs is 1. The van der Waals surface area contributed by atoms with E-state index in [-0.39, 0.29) is 17.2 Å². The molecule has 0 aliphatic carbocycles. The number of carbonyl (C=O) groups is 2. The maximum Gasteiger partial charge on any atom is 0.343 e. The quantitative estimate of drug-likeness (QED) is 0.321. The number of aliphatic imine (C=N–C) groups is 1. The van der Waals surface area contributed by atoms with E-state index in [4.69, 9.17) is 19.3 Å². The highest BCUT2D eigenvalue weighted by molar-refractivity contribution is 8.27. The van der Waals surface area contributed by atoms with Crippen LogP contribution in [0.4, 0.5) is 0 Å². The first-order valence-corrected chi connectivity index (χ1v) is 11.3. The van der Waals surface area contributed by atoms with Crippen LogP contribution in [0.2, 0.25) is 0 Å². The zero-order valence-corrected chi connectivity index (χ0v) is 19.5. The van der Waals surface area contributed by atoms with Gasteiger partial charge in [-0.3, -0.25) is 10.2 Å². The Labute approximate surface area is 204 Å². The molecule has 0 fully saturated rings. The Kier molecular flexibility index (Phi) is 5.79. The first-order chi connectivity index (χ1) is 16.9. The molecule has 0 bridgehead atoms. The fourth-order valence-electron chi connectivity index (χ4n) is 3.45. The molecule has 0 atom stereocenters. The van der Waals surface area contributed by atoms with Gasteiger partial charge in [-0.2, -0.15) is 15.1 Å². The Bertz CT molecular complexity index is 1460. The number of benzene rings is 2. The lowest BCUT2D eigenvalue weighted by Crippen LogP contribution is -2.35. The second-order valence-corrected chi connectivity index (χ2v) is 8.53. The topological polar surface area (TPSA) is 118 Å². The van der Waals surface area contributed by atoms with Crippen LogP contribution >= 0.6 is 11.8 Å². The van der Waals surface area contributed by atoms with Gasteiger partial charge in [-0.1, -0.05) is 23.8 Å². The molecule has 174 valence electrons. The van der Waals surface area contributed by atoms with Gasteiger partial charge in [-0.15, -0.1) is 0 Å². The van der Waals surface area contributed by atoms with Crippen molar-refractivity contribution in [3.05, 3.63) is 88.9 Å². The van der Waals surface area contributed by atoms with E-state index >= 15 is 0 Å². The molecular formula is C25H18N4O5S. The molecule has 3 heterocycles. The van der Waals surface area contributed by atoms with Gasteiger partial charge < -0.3 is 13.9 Å². The van der Waals surface area contributed by atoms with Gasteiger partial charge in [0.2, 0.25) is 5.17 Å². The average Bonchev–Trinajstić information content (AvgIpc) is 3.53. The maximum atomic E-state index is 12.7. The molecule has 2 aliphatic heterocycles. The summed E-state index contributed by atoms with van der Waals surface area (Å²) >= 11 is 1.16. The number of aryl methyl sites for hydroxylation is 1. The number of methoxy groups -OCH3 is 1. The fourth-order valence-corrected chi connectivity index (χ4v) is 4.31. The summed E-state index contributed by atoms with van der Waals surface area (Å²) in [5.41, 5.74) is 1.98. The lowest BCUT2D eigenvalue weighted by molar-refractivity contribution is -0.114. The van der Waals surface area contributed by atoms with Crippen molar-refractivity contribution in [2.45, 2.75) is 6.92 Å². The van der Waals surface area contributed by atoms with Crippen LogP contribution in [0.5, 0.6) is 11.5 Å². The van der Waals surface area contributed by atoms with Crippen molar-refractivity contribution in [1.82, 2.24) is 5.01 Å². The predicted molar refractivity (Wildman–Crippen MR) is 132 cm³/mol. The third-order valence-electron chi connectivity index (χ3n) is 5.14. The molecule has 1 amide bonds. The van der Waals surface area contributed by atoms with Crippen molar-refractivity contribution in [2.75, 3.05) is 7.11 Å². The maximum absolute atomic E-state index is 12.7. The summed E-state index contributed by atoms with van der Waals surface area (Å²) in [6.45, 7) is 1.89. The van der Waals surface area contributed by atoms with Gasteiger partial charge in [0.25, 0.3) is 5.91 Å². The Morgan fingerprint density at radius 2 is 2.00 bits per heavy atom. The van der Waals surface area contributed by atoms with E-state index in [1.54, 1.807) is 48.5 Å². The lowest BCUT2D eigenvalue weighted by atomic mass is 10.1. The van der Waals surface area contributed by atoms with Crippen molar-refractivity contribution in [3.63, 3.8) is 0 Å². The Hall–Kier alpha value is -4.44. The molecule has 35 heavy (non-hydrogen) atoms. The van der Waals surface area contributed by atoms with E-state index in [2.05, 4.69) is 10.1 Å². The van der Waals surface area contributed by atoms with E-state index in [1.165, 1.54) is 24.5 Å². The molecule has 0 radical (unpaired) electrons. The molecule has 2 aromatic carbocycles. The van der Waals surface area contributed by atoms with Crippen LogP contribution in [-0.4, -0.2) is 40.0 Å². The highest BCUT2D eigenvalue weighted by Crippen LogP contribution is 2.33. The van der Waals surface area contributed by atoms with Crippen LogP contribution in [0, 0.1) is 12.3 Å². The highest BCUT2D eigenvalue weighted by atomic mass is 32.2. The van der Waals surface area contributed by atoms with Crippen molar-refractivity contribution >= 4 is 45.8 Å². The zero-order chi connectivity index (χ0) is 24.5. The summed E-state index contributed by atoms with van der Waals surface area (Å²) in [7, 11) is 1.45. The van der Waals surface area contributed by atoms with Crippen LogP contribution in [-0.2, 0) is 4.79 Å². The number of hydrazone groups is 1. The molecule has 0 spiro atoms. The van der Waals surface area contributed by atoms with E-state index in [0.717, 1.165) is 17.3 Å². The van der Waals surface area contributed by atoms with Crippen LogP contribution in [0.1, 0.15) is 27.2 Å². The average molecular weight is 487 g/mol. The monoisotopic (exact) mass is 486 g/mol. The van der Waals surface area contributed by atoms with E-state index in [1.807, 2.05) is 13.0 Å². The summed E-state index contributed by atoms with van der Waals surface area (Å²) in [4.78, 5) is 29.3. The molecule has 10 heteroatoms. The third-order valence-corrected chi connectivity index (χ3v) is 6.06. The Morgan fingerprint density at radius 1 is 1.14 bits per heavy atom. The third kappa shape index (κ3) is 4.38. The van der Waals surface area contributed by atoms with Crippen LogP contribution in [0.3, 0.4) is 0 Å². The number of nitrogens with zero attached hydrogens (tertiary/aromatic N) is 3. The van der Waals surface area contributed by atoms with Gasteiger partial charge in [0.1, 0.15) is 0 Å². The van der Waals surface area contributed by atoms with Crippen molar-refractivity contribution in [3.8, 4) is 11.5 Å². The number of carbonyl (C=O) groups excluding carboxylic acids is 2. The SMILES string of the molecule is COc1cc(/C=C2/C(=N)N3N=C(c4ccco4)SC3=NC2=O)ccc1OC(=O)c1cccc(C)c1. The van der Waals surface area contributed by atoms with Gasteiger partial charge in [-0.05, 0) is 66.7 Å². The number of rotatable bonds is 5. The van der Waals surface area contributed by atoms with Gasteiger partial charge in [0, 0.05) is 0 Å². The smallest absolute Gasteiger partial charge is 0.343 e. The van der Waals surface area contributed by atoms with Gasteiger partial charge in [-0.25, -0.2) is 4.79 Å². The van der Waals surface area contributed by atoms with Crippen LogP contribution in [0.25, 0.3) is 6.08 Å². The number of nitrogens with one attached hydrogen (secondary N) is 1. The van der Waals surface area contributed by atoms with Crippen molar-refractivity contribution < 1.29 is 23.5 Å². The zero-order valence-electron chi connectivity index (χ0n) is 18.6. The molecule has 1 N–H and O–H groups in total. The largest absolute Gasteiger partial charge is 0.493 e. The second kappa shape index (κ2) is 9.07. The molecule has 0 saturated heterocycles. The van der Waals surface area contributed by atoms with E-state index in [0.29, 0.717) is 32.8 Å². The number of ether oxygens (including phenoxy) is 2.